The molecule has 148 valence electrons. The molecule has 1 saturated heterocycles. The van der Waals surface area contributed by atoms with Gasteiger partial charge in [0.1, 0.15) is 11.6 Å². The fourth-order valence-electron chi connectivity index (χ4n) is 3.08. The van der Waals surface area contributed by atoms with Gasteiger partial charge in [-0.25, -0.2) is 4.39 Å². The van der Waals surface area contributed by atoms with Crippen LogP contribution in [0.5, 0.6) is 5.75 Å². The molecule has 7 heteroatoms. The van der Waals surface area contributed by atoms with E-state index in [1.165, 1.54) is 23.9 Å². The number of para-hydroxylation sites is 1. The SMILES string of the molecule is O=C(COc1cccc(F)c1)NCCC(=O)N1CCN(c2ccccc2)CC1. The van der Waals surface area contributed by atoms with Crippen LogP contribution in [0.25, 0.3) is 0 Å². The number of halogens is 1. The standard InChI is InChI=1S/C21H24FN3O3/c22-17-5-4-8-19(15-17)28-16-20(26)23-10-9-21(27)25-13-11-24(12-14-25)18-6-2-1-3-7-18/h1-8,15H,9-14,16H2,(H,23,26). The Kier molecular flexibility index (Phi) is 6.84. The lowest BCUT2D eigenvalue weighted by molar-refractivity contribution is -0.131. The summed E-state index contributed by atoms with van der Waals surface area (Å²) in [5.41, 5.74) is 1.17. The van der Waals surface area contributed by atoms with Crippen LogP contribution < -0.4 is 15.0 Å². The smallest absolute Gasteiger partial charge is 0.257 e. The second kappa shape index (κ2) is 9.73. The summed E-state index contributed by atoms with van der Waals surface area (Å²) >= 11 is 0. The zero-order valence-corrected chi connectivity index (χ0v) is 15.6. The van der Waals surface area contributed by atoms with E-state index in [1.54, 1.807) is 6.07 Å². The molecule has 3 rings (SSSR count). The number of hydrogen-bond acceptors (Lipinski definition) is 4. The molecule has 0 aliphatic carbocycles. The number of hydrogen-bond donors (Lipinski definition) is 1. The van der Waals surface area contributed by atoms with Crippen LogP contribution >= 0.6 is 0 Å². The van der Waals surface area contributed by atoms with Crippen LogP contribution in [0.3, 0.4) is 0 Å². The van der Waals surface area contributed by atoms with Crippen LogP contribution in [-0.4, -0.2) is 56.0 Å². The van der Waals surface area contributed by atoms with Crippen molar-refractivity contribution in [2.24, 2.45) is 0 Å². The first kappa shape index (κ1) is 19.7. The molecule has 0 atom stereocenters. The molecule has 0 spiro atoms. The number of amides is 2. The number of carbonyl (C=O) groups excluding carboxylic acids is 2. The molecule has 28 heavy (non-hydrogen) atoms. The predicted octanol–water partition coefficient (Wildman–Crippen LogP) is 2.06. The van der Waals surface area contributed by atoms with E-state index in [9.17, 15) is 14.0 Å². The molecule has 0 bridgehead atoms. The minimum atomic E-state index is -0.420. The van der Waals surface area contributed by atoms with E-state index in [0.717, 1.165) is 13.1 Å². The lowest BCUT2D eigenvalue weighted by Crippen LogP contribution is -2.49. The second-order valence-electron chi connectivity index (χ2n) is 6.55. The maximum atomic E-state index is 13.1. The lowest BCUT2D eigenvalue weighted by Gasteiger charge is -2.36. The molecule has 6 nitrogen and oxygen atoms in total. The average Bonchev–Trinajstić information content (AvgIpc) is 2.73. The Bertz CT molecular complexity index is 792. The molecule has 0 unspecified atom stereocenters. The van der Waals surface area contributed by atoms with Crippen molar-refractivity contribution < 1.29 is 18.7 Å². The molecule has 2 aromatic carbocycles. The molecule has 1 N–H and O–H groups in total. The van der Waals surface area contributed by atoms with Crippen molar-refractivity contribution >= 4 is 17.5 Å². The monoisotopic (exact) mass is 385 g/mol. The topological polar surface area (TPSA) is 61.9 Å². The summed E-state index contributed by atoms with van der Waals surface area (Å²) in [7, 11) is 0. The summed E-state index contributed by atoms with van der Waals surface area (Å²) in [6.45, 7) is 2.97. The number of anilines is 1. The second-order valence-corrected chi connectivity index (χ2v) is 6.55. The van der Waals surface area contributed by atoms with Crippen molar-refractivity contribution in [1.82, 2.24) is 10.2 Å². The van der Waals surface area contributed by atoms with Gasteiger partial charge in [0.15, 0.2) is 6.61 Å². The van der Waals surface area contributed by atoms with E-state index in [0.29, 0.717) is 18.8 Å². The van der Waals surface area contributed by atoms with E-state index in [2.05, 4.69) is 22.3 Å². The molecule has 1 fully saturated rings. The number of benzene rings is 2. The van der Waals surface area contributed by atoms with E-state index in [4.69, 9.17) is 4.74 Å². The van der Waals surface area contributed by atoms with Gasteiger partial charge >= 0.3 is 0 Å². The molecular formula is C21H24FN3O3. The summed E-state index contributed by atoms with van der Waals surface area (Å²) in [6.07, 6.45) is 0.247. The fourth-order valence-corrected chi connectivity index (χ4v) is 3.08. The number of nitrogens with zero attached hydrogens (tertiary/aromatic N) is 2. The molecule has 0 radical (unpaired) electrons. The molecule has 2 amide bonds. The molecule has 1 heterocycles. The van der Waals surface area contributed by atoms with Crippen molar-refractivity contribution in [3.8, 4) is 5.75 Å². The molecular weight excluding hydrogens is 361 g/mol. The highest BCUT2D eigenvalue weighted by Gasteiger charge is 2.21. The zero-order valence-electron chi connectivity index (χ0n) is 15.6. The van der Waals surface area contributed by atoms with Crippen LogP contribution in [0.15, 0.2) is 54.6 Å². The summed E-state index contributed by atoms with van der Waals surface area (Å²) in [5, 5.41) is 2.66. The highest BCUT2D eigenvalue weighted by molar-refractivity contribution is 5.80. The first-order chi connectivity index (χ1) is 13.6. The number of ether oxygens (including phenoxy) is 1. The van der Waals surface area contributed by atoms with Crippen molar-refractivity contribution in [3.05, 3.63) is 60.4 Å². The van der Waals surface area contributed by atoms with Crippen molar-refractivity contribution in [3.63, 3.8) is 0 Å². The van der Waals surface area contributed by atoms with Crippen LogP contribution in [-0.2, 0) is 9.59 Å². The van der Waals surface area contributed by atoms with Crippen LogP contribution in [0.4, 0.5) is 10.1 Å². The van der Waals surface area contributed by atoms with Gasteiger partial charge in [-0.15, -0.1) is 0 Å². The Morgan fingerprint density at radius 2 is 1.75 bits per heavy atom. The van der Waals surface area contributed by atoms with Crippen molar-refractivity contribution in [2.45, 2.75) is 6.42 Å². The maximum Gasteiger partial charge on any atom is 0.257 e. The normalized spacial score (nSPS) is 13.9. The average molecular weight is 385 g/mol. The molecule has 1 aliphatic heterocycles. The fraction of sp³-hybridized carbons (Fsp3) is 0.333. The summed E-state index contributed by atoms with van der Waals surface area (Å²) in [5.74, 6) is -0.441. The highest BCUT2D eigenvalue weighted by atomic mass is 19.1. The Morgan fingerprint density at radius 3 is 2.46 bits per heavy atom. The Balaban J connectivity index is 1.33. The summed E-state index contributed by atoms with van der Waals surface area (Å²) in [4.78, 5) is 28.2. The number of piperazine rings is 1. The Hall–Kier alpha value is -3.09. The van der Waals surface area contributed by atoms with Crippen LogP contribution in [0.2, 0.25) is 0 Å². The van der Waals surface area contributed by atoms with Gasteiger partial charge in [-0.3, -0.25) is 9.59 Å². The van der Waals surface area contributed by atoms with Gasteiger partial charge < -0.3 is 19.9 Å². The van der Waals surface area contributed by atoms with Gasteiger partial charge in [-0.2, -0.15) is 0 Å². The predicted molar refractivity (Wildman–Crippen MR) is 105 cm³/mol. The number of carbonyl (C=O) groups is 2. The third-order valence-corrected chi connectivity index (χ3v) is 4.58. The van der Waals surface area contributed by atoms with Gasteiger partial charge in [0.2, 0.25) is 5.91 Å². The van der Waals surface area contributed by atoms with Crippen LogP contribution in [0, 0.1) is 5.82 Å². The minimum absolute atomic E-state index is 0.0269. The minimum Gasteiger partial charge on any atom is -0.484 e. The quantitative estimate of drug-likeness (QED) is 0.793. The first-order valence-electron chi connectivity index (χ1n) is 9.34. The lowest BCUT2D eigenvalue weighted by atomic mass is 10.2. The molecule has 0 aromatic heterocycles. The van der Waals surface area contributed by atoms with Gasteiger partial charge in [-0.05, 0) is 24.3 Å². The Morgan fingerprint density at radius 1 is 1.00 bits per heavy atom. The van der Waals surface area contributed by atoms with Crippen molar-refractivity contribution in [2.75, 3.05) is 44.2 Å². The summed E-state index contributed by atoms with van der Waals surface area (Å²) in [6, 6.07) is 15.7. The third kappa shape index (κ3) is 5.70. The Labute approximate surface area is 163 Å². The van der Waals surface area contributed by atoms with E-state index >= 15 is 0 Å². The summed E-state index contributed by atoms with van der Waals surface area (Å²) < 4.78 is 18.3. The highest BCUT2D eigenvalue weighted by Crippen LogP contribution is 2.16. The molecule has 2 aromatic rings. The van der Waals surface area contributed by atoms with E-state index < -0.39 is 5.82 Å². The van der Waals surface area contributed by atoms with Gasteiger partial charge in [0.25, 0.3) is 5.91 Å². The number of nitrogens with one attached hydrogen (secondary N) is 1. The van der Waals surface area contributed by atoms with Crippen LogP contribution in [0.1, 0.15) is 6.42 Å². The maximum absolute atomic E-state index is 13.1. The molecule has 1 aliphatic rings. The molecule has 0 saturated carbocycles. The van der Waals surface area contributed by atoms with Gasteiger partial charge in [0.05, 0.1) is 0 Å². The van der Waals surface area contributed by atoms with Gasteiger partial charge in [0, 0.05) is 50.9 Å². The zero-order chi connectivity index (χ0) is 19.8. The number of rotatable bonds is 7. The van der Waals surface area contributed by atoms with Crippen molar-refractivity contribution in [1.29, 1.82) is 0 Å². The third-order valence-electron chi connectivity index (χ3n) is 4.58. The largest absolute Gasteiger partial charge is 0.484 e. The van der Waals surface area contributed by atoms with Gasteiger partial charge in [-0.1, -0.05) is 24.3 Å². The van der Waals surface area contributed by atoms with E-state index in [1.807, 2.05) is 23.1 Å². The van der Waals surface area contributed by atoms with E-state index in [-0.39, 0.29) is 31.4 Å². The first-order valence-corrected chi connectivity index (χ1v) is 9.34.